The summed E-state index contributed by atoms with van der Waals surface area (Å²) in [5.41, 5.74) is 3.77. The van der Waals surface area contributed by atoms with Gasteiger partial charge in [0.15, 0.2) is 5.01 Å². The van der Waals surface area contributed by atoms with Crippen LogP contribution in [0.5, 0.6) is 5.75 Å². The largest absolute Gasteiger partial charge is 0.508 e. The summed E-state index contributed by atoms with van der Waals surface area (Å²) in [6.45, 7) is 0. The molecule has 9 heteroatoms. The van der Waals surface area contributed by atoms with Crippen molar-refractivity contribution >= 4 is 34.0 Å². The van der Waals surface area contributed by atoms with E-state index in [0.717, 1.165) is 22.2 Å². The summed E-state index contributed by atoms with van der Waals surface area (Å²) < 4.78 is 1.72. The van der Waals surface area contributed by atoms with Crippen molar-refractivity contribution < 1.29 is 9.90 Å². The van der Waals surface area contributed by atoms with Gasteiger partial charge in [-0.2, -0.15) is 5.10 Å². The van der Waals surface area contributed by atoms with Gasteiger partial charge in [-0.05, 0) is 54.6 Å². The van der Waals surface area contributed by atoms with Gasteiger partial charge in [0.1, 0.15) is 22.3 Å². The highest BCUT2D eigenvalue weighted by molar-refractivity contribution is 7.17. The standard InChI is InChI=1S/C26H18N6O2S/c33-18-11-9-17(10-12-18)25-29-30-26(35-25)21-15-23(28-24(34)16-5-2-1-3-6-16)32(31-21)22-8-4-7-20-19(22)13-14-27-20/h1-15,27,33H,(H,28,34). The van der Waals surface area contributed by atoms with Crippen molar-refractivity contribution in [2.75, 3.05) is 5.32 Å². The molecule has 3 N–H and O–H groups in total. The Kier molecular flexibility index (Phi) is 5.08. The summed E-state index contributed by atoms with van der Waals surface area (Å²) >= 11 is 1.38. The van der Waals surface area contributed by atoms with Crippen LogP contribution in [0.3, 0.4) is 0 Å². The van der Waals surface area contributed by atoms with Crippen molar-refractivity contribution in [2.24, 2.45) is 0 Å². The maximum atomic E-state index is 13.0. The molecule has 0 bridgehead atoms. The zero-order chi connectivity index (χ0) is 23.8. The van der Waals surface area contributed by atoms with E-state index < -0.39 is 0 Å². The summed E-state index contributed by atoms with van der Waals surface area (Å²) in [7, 11) is 0. The fourth-order valence-corrected chi connectivity index (χ4v) is 4.64. The lowest BCUT2D eigenvalue weighted by Crippen LogP contribution is -2.15. The Balaban J connectivity index is 1.43. The van der Waals surface area contributed by atoms with Crippen LogP contribution in [-0.2, 0) is 0 Å². The van der Waals surface area contributed by atoms with Crippen LogP contribution in [0.25, 0.3) is 37.9 Å². The van der Waals surface area contributed by atoms with Crippen LogP contribution >= 0.6 is 11.3 Å². The number of phenols is 1. The maximum absolute atomic E-state index is 13.0. The van der Waals surface area contributed by atoms with Crippen molar-refractivity contribution in [2.45, 2.75) is 0 Å². The lowest BCUT2D eigenvalue weighted by molar-refractivity contribution is 0.102. The van der Waals surface area contributed by atoms with Crippen molar-refractivity contribution in [3.05, 3.63) is 96.7 Å². The number of fused-ring (bicyclic) bond motifs is 1. The van der Waals surface area contributed by atoms with Crippen molar-refractivity contribution in [3.8, 4) is 32.7 Å². The lowest BCUT2D eigenvalue weighted by Gasteiger charge is -2.10. The predicted octanol–water partition coefficient (Wildman–Crippen LogP) is 5.50. The van der Waals surface area contributed by atoms with Gasteiger partial charge in [-0.25, -0.2) is 4.68 Å². The Morgan fingerprint density at radius 1 is 0.914 bits per heavy atom. The highest BCUT2D eigenvalue weighted by Gasteiger charge is 2.19. The number of hydrogen-bond acceptors (Lipinski definition) is 6. The molecule has 0 saturated heterocycles. The van der Waals surface area contributed by atoms with Crippen LogP contribution in [0.15, 0.2) is 91.1 Å². The van der Waals surface area contributed by atoms with E-state index in [1.54, 1.807) is 47.1 Å². The van der Waals surface area contributed by atoms with E-state index in [1.165, 1.54) is 11.3 Å². The van der Waals surface area contributed by atoms with Crippen LogP contribution in [0.4, 0.5) is 5.82 Å². The molecule has 1 amide bonds. The molecule has 0 atom stereocenters. The van der Waals surface area contributed by atoms with Crippen molar-refractivity contribution in [1.29, 1.82) is 0 Å². The normalized spacial score (nSPS) is 11.1. The van der Waals surface area contributed by atoms with E-state index in [1.807, 2.05) is 48.7 Å². The smallest absolute Gasteiger partial charge is 0.256 e. The number of aromatic amines is 1. The number of amides is 1. The van der Waals surface area contributed by atoms with E-state index in [2.05, 4.69) is 20.5 Å². The predicted molar refractivity (Wildman–Crippen MR) is 136 cm³/mol. The van der Waals surface area contributed by atoms with Gasteiger partial charge in [0.2, 0.25) is 0 Å². The second kappa shape index (κ2) is 8.54. The number of H-pyrrole nitrogens is 1. The molecule has 3 aromatic carbocycles. The summed E-state index contributed by atoms with van der Waals surface area (Å²) in [6, 6.07) is 25.5. The molecule has 0 radical (unpaired) electrons. The average molecular weight is 479 g/mol. The van der Waals surface area contributed by atoms with Gasteiger partial charge in [-0.15, -0.1) is 10.2 Å². The molecule has 0 aliphatic heterocycles. The van der Waals surface area contributed by atoms with Gasteiger partial charge >= 0.3 is 0 Å². The van der Waals surface area contributed by atoms with Gasteiger partial charge in [-0.3, -0.25) is 4.79 Å². The molecule has 0 aliphatic carbocycles. The van der Waals surface area contributed by atoms with E-state index in [4.69, 9.17) is 5.10 Å². The minimum atomic E-state index is -0.235. The molecule has 6 aromatic rings. The van der Waals surface area contributed by atoms with Crippen LogP contribution in [-0.4, -0.2) is 36.0 Å². The number of hydrogen-bond donors (Lipinski definition) is 3. The Labute approximate surface area is 203 Å². The van der Waals surface area contributed by atoms with E-state index >= 15 is 0 Å². The average Bonchev–Trinajstić information content (AvgIpc) is 3.64. The Bertz CT molecular complexity index is 1650. The van der Waals surface area contributed by atoms with Gasteiger partial charge in [0.25, 0.3) is 5.91 Å². The highest BCUT2D eigenvalue weighted by atomic mass is 32.1. The van der Waals surface area contributed by atoms with Gasteiger partial charge in [0.05, 0.1) is 5.69 Å². The zero-order valence-corrected chi connectivity index (χ0v) is 19.0. The third kappa shape index (κ3) is 3.94. The summed E-state index contributed by atoms with van der Waals surface area (Å²) in [5, 5.41) is 28.3. The maximum Gasteiger partial charge on any atom is 0.256 e. The number of aromatic hydroxyl groups is 1. The minimum absolute atomic E-state index is 0.190. The number of phenolic OH excluding ortho intramolecular Hbond substituents is 1. The van der Waals surface area contributed by atoms with Gasteiger partial charge < -0.3 is 15.4 Å². The molecule has 0 saturated carbocycles. The molecule has 3 heterocycles. The SMILES string of the molecule is O=C(Nc1cc(-c2nnc(-c3ccc(O)cc3)s2)nn1-c1cccc2[nH]ccc12)c1ccccc1. The first-order chi connectivity index (χ1) is 17.2. The Morgan fingerprint density at radius 2 is 1.71 bits per heavy atom. The highest BCUT2D eigenvalue weighted by Crippen LogP contribution is 2.33. The second-order valence-corrected chi connectivity index (χ2v) is 8.80. The fraction of sp³-hybridized carbons (Fsp3) is 0. The Morgan fingerprint density at radius 3 is 2.54 bits per heavy atom. The van der Waals surface area contributed by atoms with Crippen LogP contribution in [0, 0.1) is 0 Å². The number of carbonyl (C=O) groups excluding carboxylic acids is 1. The molecule has 0 spiro atoms. The van der Waals surface area contributed by atoms with Crippen molar-refractivity contribution in [3.63, 3.8) is 0 Å². The number of benzene rings is 3. The quantitative estimate of drug-likeness (QED) is 0.303. The first-order valence-electron chi connectivity index (χ1n) is 10.8. The lowest BCUT2D eigenvalue weighted by atomic mass is 10.2. The molecule has 0 fully saturated rings. The number of anilines is 1. The Hall–Kier alpha value is -4.76. The summed E-state index contributed by atoms with van der Waals surface area (Å²) in [4.78, 5) is 16.2. The number of nitrogens with zero attached hydrogens (tertiary/aromatic N) is 4. The third-order valence-corrected chi connectivity index (χ3v) is 6.54. The van der Waals surface area contributed by atoms with Crippen molar-refractivity contribution in [1.82, 2.24) is 25.0 Å². The number of aromatic nitrogens is 5. The number of rotatable bonds is 5. The molecule has 0 aliphatic rings. The molecule has 3 aromatic heterocycles. The van der Waals surface area contributed by atoms with E-state index in [0.29, 0.717) is 27.1 Å². The molecule has 8 nitrogen and oxygen atoms in total. The van der Waals surface area contributed by atoms with Gasteiger partial charge in [-0.1, -0.05) is 35.6 Å². The molecule has 35 heavy (non-hydrogen) atoms. The molecule has 0 unspecified atom stereocenters. The molecule has 6 rings (SSSR count). The molecular formula is C26H18N6O2S. The van der Waals surface area contributed by atoms with E-state index in [9.17, 15) is 9.90 Å². The molecular weight excluding hydrogens is 460 g/mol. The first-order valence-corrected chi connectivity index (χ1v) is 11.6. The molecule has 170 valence electrons. The van der Waals surface area contributed by atoms with Crippen LogP contribution in [0.1, 0.15) is 10.4 Å². The summed E-state index contributed by atoms with van der Waals surface area (Å²) in [6.07, 6.45) is 1.87. The van der Waals surface area contributed by atoms with Crippen LogP contribution in [0.2, 0.25) is 0 Å². The first kappa shape index (κ1) is 20.8. The second-order valence-electron chi connectivity index (χ2n) is 7.82. The number of carbonyl (C=O) groups is 1. The van der Waals surface area contributed by atoms with E-state index in [-0.39, 0.29) is 11.7 Å². The third-order valence-electron chi connectivity index (χ3n) is 5.55. The van der Waals surface area contributed by atoms with Gasteiger partial charge in [0, 0.05) is 34.3 Å². The summed E-state index contributed by atoms with van der Waals surface area (Å²) in [5.74, 6) is 0.473. The number of nitrogens with one attached hydrogen (secondary N) is 2. The topological polar surface area (TPSA) is 109 Å². The minimum Gasteiger partial charge on any atom is -0.508 e. The zero-order valence-electron chi connectivity index (χ0n) is 18.2. The monoisotopic (exact) mass is 478 g/mol. The fourth-order valence-electron chi connectivity index (χ4n) is 3.84. The van der Waals surface area contributed by atoms with Crippen LogP contribution < -0.4 is 5.32 Å².